The number of aliphatic hydroxyl groups is 1. The summed E-state index contributed by atoms with van der Waals surface area (Å²) in [6.45, 7) is 2.03. The summed E-state index contributed by atoms with van der Waals surface area (Å²) in [7, 11) is 0. The Bertz CT molecular complexity index is 386. The summed E-state index contributed by atoms with van der Waals surface area (Å²) in [5, 5.41) is 17.1. The summed E-state index contributed by atoms with van der Waals surface area (Å²) < 4.78 is 13.6. The van der Waals surface area contributed by atoms with Crippen LogP contribution in [0.4, 0.5) is 16.2 Å². The monoisotopic (exact) mass is 227 g/mol. The Kier molecular flexibility index (Phi) is 2.63. The molecule has 0 bridgehead atoms. The highest BCUT2D eigenvalue weighted by molar-refractivity contribution is 5.36. The van der Waals surface area contributed by atoms with E-state index in [1.165, 1.54) is 13.1 Å². The van der Waals surface area contributed by atoms with Crippen molar-refractivity contribution in [2.24, 2.45) is 0 Å². The second kappa shape index (κ2) is 3.82. The highest BCUT2D eigenvalue weighted by Gasteiger charge is 2.38. The maximum absolute atomic E-state index is 13.6. The van der Waals surface area contributed by atoms with Gasteiger partial charge in [-0.15, -0.1) is 5.10 Å². The Morgan fingerprint density at radius 1 is 1.69 bits per heavy atom. The molecule has 88 valence electrons. The molecule has 1 saturated heterocycles. The molecule has 2 atom stereocenters. The van der Waals surface area contributed by atoms with Gasteiger partial charge < -0.3 is 15.7 Å². The fourth-order valence-corrected chi connectivity index (χ4v) is 1.62. The third-order valence-electron chi connectivity index (χ3n) is 2.79. The zero-order chi connectivity index (χ0) is 11.8. The van der Waals surface area contributed by atoms with Crippen LogP contribution in [-0.4, -0.2) is 45.2 Å². The van der Waals surface area contributed by atoms with Crippen LogP contribution in [0, 0.1) is 0 Å². The van der Waals surface area contributed by atoms with Crippen LogP contribution in [0.5, 0.6) is 0 Å². The molecular weight excluding hydrogens is 213 g/mol. The lowest BCUT2D eigenvalue weighted by Crippen LogP contribution is -2.52. The second-order valence-corrected chi connectivity index (χ2v) is 4.20. The van der Waals surface area contributed by atoms with E-state index < -0.39 is 11.8 Å². The molecule has 1 aromatic rings. The van der Waals surface area contributed by atoms with Crippen LogP contribution in [0.25, 0.3) is 0 Å². The summed E-state index contributed by atoms with van der Waals surface area (Å²) in [4.78, 5) is 5.59. The number of nitrogens with two attached hydrogens (primary N) is 1. The van der Waals surface area contributed by atoms with E-state index in [1.54, 1.807) is 4.90 Å². The van der Waals surface area contributed by atoms with E-state index in [-0.39, 0.29) is 12.4 Å². The topological polar surface area (TPSA) is 88.2 Å². The lowest BCUT2D eigenvalue weighted by Gasteiger charge is -2.38. The molecule has 1 fully saturated rings. The van der Waals surface area contributed by atoms with Gasteiger partial charge in [-0.3, -0.25) is 0 Å². The van der Waals surface area contributed by atoms with Crippen molar-refractivity contribution in [1.29, 1.82) is 0 Å². The molecule has 1 aliphatic heterocycles. The minimum atomic E-state index is -1.33. The summed E-state index contributed by atoms with van der Waals surface area (Å²) in [5.41, 5.74) is 4.20. The Hall–Kier alpha value is -1.50. The van der Waals surface area contributed by atoms with Crippen molar-refractivity contribution in [3.05, 3.63) is 6.20 Å². The number of hydrogen-bond acceptors (Lipinski definition) is 6. The molecule has 1 aromatic heterocycles. The SMILES string of the molecule is CC1(O)CCN(c2nncc(N)n2)CC1F. The van der Waals surface area contributed by atoms with Crippen LogP contribution >= 0.6 is 0 Å². The average molecular weight is 227 g/mol. The number of piperidine rings is 1. The van der Waals surface area contributed by atoms with Gasteiger partial charge in [0.2, 0.25) is 5.95 Å². The fourth-order valence-electron chi connectivity index (χ4n) is 1.62. The van der Waals surface area contributed by atoms with Crippen LogP contribution in [0.1, 0.15) is 13.3 Å². The molecule has 16 heavy (non-hydrogen) atoms. The first-order valence-electron chi connectivity index (χ1n) is 5.05. The normalized spacial score (nSPS) is 30.4. The van der Waals surface area contributed by atoms with Crippen molar-refractivity contribution >= 4 is 11.8 Å². The van der Waals surface area contributed by atoms with Gasteiger partial charge in [-0.25, -0.2) is 4.39 Å². The third-order valence-corrected chi connectivity index (χ3v) is 2.79. The second-order valence-electron chi connectivity index (χ2n) is 4.20. The predicted molar refractivity (Wildman–Crippen MR) is 56.6 cm³/mol. The van der Waals surface area contributed by atoms with Gasteiger partial charge in [-0.1, -0.05) is 0 Å². The molecule has 2 heterocycles. The van der Waals surface area contributed by atoms with Crippen LogP contribution in [0.15, 0.2) is 6.20 Å². The average Bonchev–Trinajstić information content (AvgIpc) is 2.22. The third kappa shape index (κ3) is 2.04. The van der Waals surface area contributed by atoms with Gasteiger partial charge in [0.15, 0.2) is 0 Å². The minimum absolute atomic E-state index is 0.0537. The van der Waals surface area contributed by atoms with Crippen molar-refractivity contribution in [2.45, 2.75) is 25.1 Å². The molecule has 0 saturated carbocycles. The van der Waals surface area contributed by atoms with Crippen molar-refractivity contribution in [3.63, 3.8) is 0 Å². The van der Waals surface area contributed by atoms with Gasteiger partial charge in [-0.2, -0.15) is 10.1 Å². The largest absolute Gasteiger partial charge is 0.387 e. The van der Waals surface area contributed by atoms with Gasteiger partial charge in [0.25, 0.3) is 0 Å². The highest BCUT2D eigenvalue weighted by Crippen LogP contribution is 2.26. The minimum Gasteiger partial charge on any atom is -0.387 e. The quantitative estimate of drug-likeness (QED) is 0.688. The zero-order valence-corrected chi connectivity index (χ0v) is 8.97. The predicted octanol–water partition coefficient (Wildman–Crippen LogP) is -0.247. The molecule has 6 nitrogen and oxygen atoms in total. The number of halogens is 1. The van der Waals surface area contributed by atoms with Gasteiger partial charge >= 0.3 is 0 Å². The van der Waals surface area contributed by atoms with E-state index in [9.17, 15) is 9.50 Å². The molecule has 0 radical (unpaired) electrons. The molecular formula is C9H14FN5O. The van der Waals surface area contributed by atoms with Gasteiger partial charge in [0, 0.05) is 6.54 Å². The number of nitrogen functional groups attached to an aromatic ring is 1. The first-order valence-corrected chi connectivity index (χ1v) is 5.05. The molecule has 0 amide bonds. The molecule has 0 aliphatic carbocycles. The molecule has 7 heteroatoms. The fraction of sp³-hybridized carbons (Fsp3) is 0.667. The van der Waals surface area contributed by atoms with Crippen LogP contribution in [-0.2, 0) is 0 Å². The maximum atomic E-state index is 13.6. The van der Waals surface area contributed by atoms with Crippen molar-refractivity contribution in [3.8, 4) is 0 Å². The van der Waals surface area contributed by atoms with Gasteiger partial charge in [0.05, 0.1) is 18.3 Å². The lowest BCUT2D eigenvalue weighted by atomic mass is 9.92. The van der Waals surface area contributed by atoms with Crippen molar-refractivity contribution in [2.75, 3.05) is 23.7 Å². The van der Waals surface area contributed by atoms with Crippen LogP contribution in [0.3, 0.4) is 0 Å². The smallest absolute Gasteiger partial charge is 0.247 e. The Balaban J connectivity index is 2.14. The first-order chi connectivity index (χ1) is 7.49. The summed E-state index contributed by atoms with van der Waals surface area (Å²) in [5.74, 6) is 0.552. The number of rotatable bonds is 1. The van der Waals surface area contributed by atoms with Crippen molar-refractivity contribution in [1.82, 2.24) is 15.2 Å². The number of nitrogens with zero attached hydrogens (tertiary/aromatic N) is 4. The standard InChI is InChI=1S/C9H14FN5O/c1-9(16)2-3-15(5-6(9)10)8-13-7(11)4-12-14-8/h4,6,16H,2-3,5H2,1H3,(H2,11,13,14). The van der Waals surface area contributed by atoms with E-state index in [2.05, 4.69) is 15.2 Å². The van der Waals surface area contributed by atoms with Crippen LogP contribution in [0.2, 0.25) is 0 Å². The zero-order valence-electron chi connectivity index (χ0n) is 8.97. The number of hydrogen-bond donors (Lipinski definition) is 2. The summed E-state index contributed by atoms with van der Waals surface area (Å²) in [6, 6.07) is 0. The van der Waals surface area contributed by atoms with E-state index in [4.69, 9.17) is 5.73 Å². The molecule has 2 rings (SSSR count). The first kappa shape index (κ1) is 11.0. The highest BCUT2D eigenvalue weighted by atomic mass is 19.1. The van der Waals surface area contributed by atoms with E-state index in [1.807, 2.05) is 0 Å². The van der Waals surface area contributed by atoms with E-state index >= 15 is 0 Å². The number of alkyl halides is 1. The van der Waals surface area contributed by atoms with E-state index in [0.717, 1.165) is 0 Å². The molecule has 0 spiro atoms. The van der Waals surface area contributed by atoms with Gasteiger partial charge in [0.1, 0.15) is 12.0 Å². The molecule has 3 N–H and O–H groups in total. The van der Waals surface area contributed by atoms with Crippen molar-refractivity contribution < 1.29 is 9.50 Å². The Morgan fingerprint density at radius 3 is 3.06 bits per heavy atom. The number of aromatic nitrogens is 3. The molecule has 1 aliphatic rings. The molecule has 0 aromatic carbocycles. The summed E-state index contributed by atoms with van der Waals surface area (Å²) in [6.07, 6.45) is 0.328. The van der Waals surface area contributed by atoms with Gasteiger partial charge in [-0.05, 0) is 13.3 Å². The Labute approximate surface area is 92.3 Å². The van der Waals surface area contributed by atoms with E-state index in [0.29, 0.717) is 18.9 Å². The summed E-state index contributed by atoms with van der Waals surface area (Å²) >= 11 is 0. The molecule has 2 unspecified atom stereocenters. The number of anilines is 2. The van der Waals surface area contributed by atoms with Crippen LogP contribution < -0.4 is 10.6 Å². The lowest BCUT2D eigenvalue weighted by molar-refractivity contribution is -0.0332. The maximum Gasteiger partial charge on any atom is 0.247 e. The Morgan fingerprint density at radius 2 is 2.44 bits per heavy atom.